The summed E-state index contributed by atoms with van der Waals surface area (Å²) in [5.74, 6) is -1.20. The van der Waals surface area contributed by atoms with Gasteiger partial charge in [0.15, 0.2) is 17.3 Å². The third-order valence-electron chi connectivity index (χ3n) is 3.18. The van der Waals surface area contributed by atoms with Crippen LogP contribution in [0.4, 0.5) is 5.69 Å². The minimum atomic E-state index is -0.435. The van der Waals surface area contributed by atoms with Crippen LogP contribution in [0.3, 0.4) is 0 Å². The maximum atomic E-state index is 12.3. The predicted molar refractivity (Wildman–Crippen MR) is 70.8 cm³/mol. The van der Waals surface area contributed by atoms with Gasteiger partial charge in [-0.3, -0.25) is 9.59 Å². The summed E-state index contributed by atoms with van der Waals surface area (Å²) >= 11 is 5.84. The zero-order chi connectivity index (χ0) is 13.7. The Hall–Kier alpha value is -2.33. The molecule has 19 heavy (non-hydrogen) atoms. The maximum absolute atomic E-state index is 12.3. The summed E-state index contributed by atoms with van der Waals surface area (Å²) in [6.07, 6.45) is 0. The van der Waals surface area contributed by atoms with Gasteiger partial charge in [-0.1, -0.05) is 35.9 Å². The molecule has 4 nitrogen and oxygen atoms in total. The van der Waals surface area contributed by atoms with E-state index in [2.05, 4.69) is 0 Å². The third kappa shape index (κ3) is 1.47. The van der Waals surface area contributed by atoms with E-state index in [-0.39, 0.29) is 33.2 Å². The van der Waals surface area contributed by atoms with Crippen molar-refractivity contribution in [3.05, 3.63) is 57.6 Å². The molecule has 0 atom stereocenters. The van der Waals surface area contributed by atoms with Gasteiger partial charge in [-0.2, -0.15) is 0 Å². The summed E-state index contributed by atoms with van der Waals surface area (Å²) in [6.45, 7) is 0. The molecule has 0 saturated carbocycles. The lowest BCUT2D eigenvalue weighted by Crippen LogP contribution is -2.21. The summed E-state index contributed by atoms with van der Waals surface area (Å²) in [7, 11) is 0. The number of phenolic OH excluding ortho intramolecular Hbond substituents is 1. The van der Waals surface area contributed by atoms with Gasteiger partial charge < -0.3 is 10.8 Å². The highest BCUT2D eigenvalue weighted by Gasteiger charge is 2.33. The molecule has 2 aromatic carbocycles. The minimum absolute atomic E-state index is 0.0526. The van der Waals surface area contributed by atoms with Crippen molar-refractivity contribution >= 4 is 28.9 Å². The molecule has 0 fully saturated rings. The summed E-state index contributed by atoms with van der Waals surface area (Å²) in [5, 5.41) is 10.0. The highest BCUT2D eigenvalue weighted by atomic mass is 35.5. The Kier molecular flexibility index (Phi) is 2.37. The van der Waals surface area contributed by atoms with Gasteiger partial charge in [-0.15, -0.1) is 0 Å². The van der Waals surface area contributed by atoms with Crippen molar-refractivity contribution in [1.29, 1.82) is 0 Å². The van der Waals surface area contributed by atoms with Gasteiger partial charge in [0.1, 0.15) is 0 Å². The standard InChI is InChI=1S/C14H8ClNO3/c15-9-5-8-10(14(19)11(9)16)13(18)7-4-2-1-3-6(7)12(8)17/h1-5,19H,16H2. The molecule has 0 bridgehead atoms. The number of halogens is 1. The van der Waals surface area contributed by atoms with Crippen molar-refractivity contribution in [1.82, 2.24) is 0 Å². The van der Waals surface area contributed by atoms with Gasteiger partial charge in [-0.05, 0) is 6.07 Å². The first-order valence-electron chi connectivity index (χ1n) is 5.51. The summed E-state index contributed by atoms with van der Waals surface area (Å²) in [4.78, 5) is 24.6. The van der Waals surface area contributed by atoms with Crippen LogP contribution >= 0.6 is 11.6 Å². The lowest BCUT2D eigenvalue weighted by Gasteiger charge is -2.19. The van der Waals surface area contributed by atoms with E-state index in [1.54, 1.807) is 24.3 Å². The number of carbonyl (C=O) groups excluding carboxylic acids is 2. The Morgan fingerprint density at radius 1 is 1.00 bits per heavy atom. The highest BCUT2D eigenvalue weighted by Crippen LogP contribution is 2.39. The maximum Gasteiger partial charge on any atom is 0.198 e. The van der Waals surface area contributed by atoms with E-state index in [9.17, 15) is 14.7 Å². The lowest BCUT2D eigenvalue weighted by atomic mass is 9.83. The van der Waals surface area contributed by atoms with Gasteiger partial charge in [0, 0.05) is 16.7 Å². The normalized spacial score (nSPS) is 13.1. The topological polar surface area (TPSA) is 80.4 Å². The summed E-state index contributed by atoms with van der Waals surface area (Å²) in [5.41, 5.74) is 6.06. The van der Waals surface area contributed by atoms with E-state index < -0.39 is 11.5 Å². The van der Waals surface area contributed by atoms with Crippen molar-refractivity contribution in [2.75, 3.05) is 5.73 Å². The Bertz CT molecular complexity index is 753. The number of fused-ring (bicyclic) bond motifs is 2. The molecule has 0 heterocycles. The molecule has 0 unspecified atom stereocenters. The Labute approximate surface area is 113 Å². The molecule has 0 spiro atoms. The second-order valence-electron chi connectivity index (χ2n) is 4.25. The highest BCUT2D eigenvalue weighted by molar-refractivity contribution is 6.36. The van der Waals surface area contributed by atoms with Crippen molar-refractivity contribution in [3.63, 3.8) is 0 Å². The Morgan fingerprint density at radius 2 is 1.58 bits per heavy atom. The number of hydrogen-bond donors (Lipinski definition) is 2. The van der Waals surface area contributed by atoms with Gasteiger partial charge in [0.05, 0.1) is 16.3 Å². The molecule has 2 aromatic rings. The average Bonchev–Trinajstić information content (AvgIpc) is 2.42. The van der Waals surface area contributed by atoms with Crippen molar-refractivity contribution in [2.45, 2.75) is 0 Å². The minimum Gasteiger partial charge on any atom is -0.505 e. The molecule has 94 valence electrons. The van der Waals surface area contributed by atoms with Crippen LogP contribution in [0, 0.1) is 0 Å². The molecule has 0 aromatic heterocycles. The molecule has 0 saturated heterocycles. The largest absolute Gasteiger partial charge is 0.505 e. The molecule has 3 rings (SSSR count). The van der Waals surface area contributed by atoms with Gasteiger partial charge >= 0.3 is 0 Å². The zero-order valence-electron chi connectivity index (χ0n) is 9.61. The van der Waals surface area contributed by atoms with Gasteiger partial charge in [0.25, 0.3) is 0 Å². The van der Waals surface area contributed by atoms with Gasteiger partial charge in [-0.25, -0.2) is 0 Å². The van der Waals surface area contributed by atoms with E-state index >= 15 is 0 Å². The second-order valence-corrected chi connectivity index (χ2v) is 4.65. The average molecular weight is 274 g/mol. The summed E-state index contributed by atoms with van der Waals surface area (Å²) < 4.78 is 0. The molecule has 1 aliphatic rings. The third-order valence-corrected chi connectivity index (χ3v) is 3.49. The van der Waals surface area contributed by atoms with Crippen molar-refractivity contribution in [2.24, 2.45) is 0 Å². The quantitative estimate of drug-likeness (QED) is 0.487. The molecule has 5 heteroatoms. The van der Waals surface area contributed by atoms with Crippen molar-refractivity contribution < 1.29 is 14.7 Å². The molecule has 0 amide bonds. The number of hydrogen-bond acceptors (Lipinski definition) is 4. The lowest BCUT2D eigenvalue weighted by molar-refractivity contribution is 0.0977. The van der Waals surface area contributed by atoms with Crippen LogP contribution in [-0.2, 0) is 0 Å². The molecular weight excluding hydrogens is 266 g/mol. The van der Waals surface area contributed by atoms with E-state index in [4.69, 9.17) is 17.3 Å². The zero-order valence-corrected chi connectivity index (χ0v) is 10.4. The van der Waals surface area contributed by atoms with E-state index in [1.807, 2.05) is 0 Å². The fourth-order valence-corrected chi connectivity index (χ4v) is 2.42. The SMILES string of the molecule is Nc1c(Cl)cc2c(c1O)C(=O)c1ccccc1C2=O. The predicted octanol–water partition coefficient (Wildman–Crippen LogP) is 2.40. The smallest absolute Gasteiger partial charge is 0.198 e. The first-order chi connectivity index (χ1) is 9.02. The first-order valence-corrected chi connectivity index (χ1v) is 5.89. The van der Waals surface area contributed by atoms with Crippen LogP contribution in [0.5, 0.6) is 5.75 Å². The van der Waals surface area contributed by atoms with Crippen LogP contribution < -0.4 is 5.73 Å². The number of anilines is 1. The second kappa shape index (κ2) is 3.83. The number of rotatable bonds is 0. The number of phenols is 1. The summed E-state index contributed by atoms with van der Waals surface area (Å²) in [6, 6.07) is 7.77. The molecular formula is C14H8ClNO3. The number of carbonyl (C=O) groups is 2. The molecule has 0 aliphatic heterocycles. The van der Waals surface area contributed by atoms with E-state index in [0.29, 0.717) is 5.56 Å². The van der Waals surface area contributed by atoms with Crippen molar-refractivity contribution in [3.8, 4) is 5.75 Å². The number of nitrogen functional groups attached to an aromatic ring is 1. The van der Waals surface area contributed by atoms with Crippen LogP contribution in [0.25, 0.3) is 0 Å². The molecule has 0 radical (unpaired) electrons. The van der Waals surface area contributed by atoms with Crippen LogP contribution in [-0.4, -0.2) is 16.7 Å². The monoisotopic (exact) mass is 273 g/mol. The van der Waals surface area contributed by atoms with Crippen LogP contribution in [0.1, 0.15) is 31.8 Å². The fourth-order valence-electron chi connectivity index (χ4n) is 2.22. The fraction of sp³-hybridized carbons (Fsp3) is 0. The Balaban J connectivity index is 2.40. The first kappa shape index (κ1) is 11.7. The molecule has 1 aliphatic carbocycles. The number of aromatic hydroxyl groups is 1. The van der Waals surface area contributed by atoms with Gasteiger partial charge in [0.2, 0.25) is 0 Å². The van der Waals surface area contributed by atoms with E-state index in [0.717, 1.165) is 0 Å². The van der Waals surface area contributed by atoms with Crippen LogP contribution in [0.15, 0.2) is 30.3 Å². The Morgan fingerprint density at radius 3 is 2.21 bits per heavy atom. The molecule has 3 N–H and O–H groups in total. The number of nitrogens with two attached hydrogens (primary N) is 1. The van der Waals surface area contributed by atoms with Crippen LogP contribution in [0.2, 0.25) is 5.02 Å². The number of ketones is 2. The van der Waals surface area contributed by atoms with E-state index in [1.165, 1.54) is 6.07 Å². The number of benzene rings is 2.